The van der Waals surface area contributed by atoms with Crippen molar-refractivity contribution in [3.63, 3.8) is 0 Å². The zero-order valence-corrected chi connectivity index (χ0v) is 10.3. The molecular weight excluding hydrogens is 226 g/mol. The van der Waals surface area contributed by atoms with Gasteiger partial charge in [-0.2, -0.15) is 0 Å². The summed E-state index contributed by atoms with van der Waals surface area (Å²) in [5.41, 5.74) is 0.805. The van der Waals surface area contributed by atoms with Gasteiger partial charge in [0, 0.05) is 18.5 Å². The number of anilines is 1. The van der Waals surface area contributed by atoms with E-state index in [0.717, 1.165) is 5.69 Å². The number of rotatable bonds is 5. The van der Waals surface area contributed by atoms with Crippen molar-refractivity contribution in [2.24, 2.45) is 0 Å². The van der Waals surface area contributed by atoms with Crippen LogP contribution in [0.15, 0.2) is 29.2 Å². The Morgan fingerprint density at radius 1 is 1.31 bits per heavy atom. The molecule has 0 aliphatic rings. The van der Waals surface area contributed by atoms with Gasteiger partial charge >= 0.3 is 0 Å². The van der Waals surface area contributed by atoms with Crippen molar-refractivity contribution in [1.29, 1.82) is 0 Å². The average Bonchev–Trinajstić information content (AvgIpc) is 2.25. The van der Waals surface area contributed by atoms with Gasteiger partial charge in [-0.3, -0.25) is 0 Å². The van der Waals surface area contributed by atoms with E-state index in [2.05, 4.69) is 5.32 Å². The Kier molecular flexibility index (Phi) is 4.32. The maximum absolute atomic E-state index is 11.2. The standard InChI is InChI=1S/C11H17NO3S/c1-3-10(13)8-12-9-4-6-11(7-5-9)16(2,14)15/h4-7,10,12-13H,3,8H2,1-2H3. The number of aliphatic hydroxyl groups is 1. The summed E-state index contributed by atoms with van der Waals surface area (Å²) in [4.78, 5) is 0.300. The van der Waals surface area contributed by atoms with Crippen LogP contribution in [0.4, 0.5) is 5.69 Å². The van der Waals surface area contributed by atoms with E-state index in [-0.39, 0.29) is 6.10 Å². The molecule has 0 bridgehead atoms. The van der Waals surface area contributed by atoms with Crippen molar-refractivity contribution in [2.45, 2.75) is 24.3 Å². The summed E-state index contributed by atoms with van der Waals surface area (Å²) in [6, 6.07) is 6.49. The van der Waals surface area contributed by atoms with Gasteiger partial charge in [-0.25, -0.2) is 8.42 Å². The van der Waals surface area contributed by atoms with E-state index in [1.807, 2.05) is 6.92 Å². The van der Waals surface area contributed by atoms with Gasteiger partial charge < -0.3 is 10.4 Å². The van der Waals surface area contributed by atoms with E-state index >= 15 is 0 Å². The minimum Gasteiger partial charge on any atom is -0.391 e. The molecule has 0 aliphatic carbocycles. The van der Waals surface area contributed by atoms with E-state index in [0.29, 0.717) is 17.9 Å². The third-order valence-electron chi connectivity index (χ3n) is 2.30. The lowest BCUT2D eigenvalue weighted by molar-refractivity contribution is 0.183. The van der Waals surface area contributed by atoms with Gasteiger partial charge in [0.2, 0.25) is 0 Å². The fourth-order valence-corrected chi connectivity index (χ4v) is 1.83. The molecule has 1 aromatic carbocycles. The largest absolute Gasteiger partial charge is 0.391 e. The lowest BCUT2D eigenvalue weighted by Crippen LogP contribution is -2.18. The van der Waals surface area contributed by atoms with Crippen LogP contribution in [0.25, 0.3) is 0 Å². The molecule has 1 atom stereocenters. The maximum atomic E-state index is 11.2. The van der Waals surface area contributed by atoms with E-state index in [9.17, 15) is 13.5 Å². The second kappa shape index (κ2) is 5.32. The molecule has 0 heterocycles. The first-order chi connectivity index (χ1) is 7.43. The van der Waals surface area contributed by atoms with Gasteiger partial charge in [0.25, 0.3) is 0 Å². The third-order valence-corrected chi connectivity index (χ3v) is 3.42. The summed E-state index contributed by atoms with van der Waals surface area (Å²) < 4.78 is 22.4. The molecule has 1 unspecified atom stereocenters. The molecule has 16 heavy (non-hydrogen) atoms. The lowest BCUT2D eigenvalue weighted by Gasteiger charge is -2.10. The van der Waals surface area contributed by atoms with Gasteiger partial charge in [-0.15, -0.1) is 0 Å². The number of hydrogen-bond acceptors (Lipinski definition) is 4. The fraction of sp³-hybridized carbons (Fsp3) is 0.455. The number of aliphatic hydroxyl groups excluding tert-OH is 1. The first kappa shape index (κ1) is 13.0. The van der Waals surface area contributed by atoms with Crippen molar-refractivity contribution in [1.82, 2.24) is 0 Å². The summed E-state index contributed by atoms with van der Waals surface area (Å²) in [5, 5.41) is 12.4. The molecule has 0 spiro atoms. The number of nitrogens with one attached hydrogen (secondary N) is 1. The molecule has 1 aromatic rings. The van der Waals surface area contributed by atoms with Crippen molar-refractivity contribution < 1.29 is 13.5 Å². The predicted octanol–water partition coefficient (Wildman–Crippen LogP) is 1.27. The minimum atomic E-state index is -3.13. The topological polar surface area (TPSA) is 66.4 Å². The molecule has 0 aromatic heterocycles. The molecule has 4 nitrogen and oxygen atoms in total. The normalized spacial score (nSPS) is 13.4. The predicted molar refractivity (Wildman–Crippen MR) is 64.3 cm³/mol. The second-order valence-corrected chi connectivity index (χ2v) is 5.76. The summed E-state index contributed by atoms with van der Waals surface area (Å²) in [5.74, 6) is 0. The zero-order chi connectivity index (χ0) is 12.2. The number of hydrogen-bond donors (Lipinski definition) is 2. The van der Waals surface area contributed by atoms with E-state index < -0.39 is 9.84 Å². The van der Waals surface area contributed by atoms with Crippen LogP contribution in [0, 0.1) is 0 Å². The van der Waals surface area contributed by atoms with Gasteiger partial charge in [0.15, 0.2) is 9.84 Å². The minimum absolute atomic E-state index is 0.300. The van der Waals surface area contributed by atoms with Gasteiger partial charge in [0.05, 0.1) is 11.0 Å². The molecular formula is C11H17NO3S. The van der Waals surface area contributed by atoms with Gasteiger partial charge in [0.1, 0.15) is 0 Å². The SMILES string of the molecule is CCC(O)CNc1ccc(S(C)(=O)=O)cc1. The Hall–Kier alpha value is -1.07. The zero-order valence-electron chi connectivity index (χ0n) is 9.47. The van der Waals surface area contributed by atoms with Crippen LogP contribution >= 0.6 is 0 Å². The second-order valence-electron chi connectivity index (χ2n) is 3.74. The van der Waals surface area contributed by atoms with Crippen LogP contribution in [0.5, 0.6) is 0 Å². The first-order valence-electron chi connectivity index (χ1n) is 5.15. The van der Waals surface area contributed by atoms with Crippen LogP contribution in [-0.2, 0) is 9.84 Å². The molecule has 0 saturated heterocycles. The molecule has 0 fully saturated rings. The summed E-state index contributed by atoms with van der Waals surface area (Å²) >= 11 is 0. The smallest absolute Gasteiger partial charge is 0.175 e. The highest BCUT2D eigenvalue weighted by Crippen LogP contribution is 2.13. The van der Waals surface area contributed by atoms with Crippen LogP contribution in [-0.4, -0.2) is 32.4 Å². The highest BCUT2D eigenvalue weighted by molar-refractivity contribution is 7.90. The van der Waals surface area contributed by atoms with E-state index in [4.69, 9.17) is 0 Å². The van der Waals surface area contributed by atoms with E-state index in [1.54, 1.807) is 24.3 Å². The van der Waals surface area contributed by atoms with E-state index in [1.165, 1.54) is 6.26 Å². The molecule has 0 aliphatic heterocycles. The van der Waals surface area contributed by atoms with Gasteiger partial charge in [-0.1, -0.05) is 6.92 Å². The monoisotopic (exact) mass is 243 g/mol. The lowest BCUT2D eigenvalue weighted by atomic mass is 10.2. The number of sulfone groups is 1. The van der Waals surface area contributed by atoms with Crippen LogP contribution < -0.4 is 5.32 Å². The Bertz CT molecular complexity index is 425. The third kappa shape index (κ3) is 3.83. The summed E-state index contributed by atoms with van der Waals surface area (Å²) in [6.07, 6.45) is 1.49. The summed E-state index contributed by atoms with van der Waals surface area (Å²) in [6.45, 7) is 2.37. The molecule has 0 radical (unpaired) electrons. The van der Waals surface area contributed by atoms with Crippen molar-refractivity contribution in [3.8, 4) is 0 Å². The fourth-order valence-electron chi connectivity index (χ4n) is 1.20. The highest BCUT2D eigenvalue weighted by Gasteiger charge is 2.06. The molecule has 90 valence electrons. The first-order valence-corrected chi connectivity index (χ1v) is 7.04. The number of benzene rings is 1. The van der Waals surface area contributed by atoms with Crippen LogP contribution in [0.3, 0.4) is 0 Å². The molecule has 2 N–H and O–H groups in total. The van der Waals surface area contributed by atoms with Crippen molar-refractivity contribution in [2.75, 3.05) is 18.1 Å². The highest BCUT2D eigenvalue weighted by atomic mass is 32.2. The summed E-state index contributed by atoms with van der Waals surface area (Å²) in [7, 11) is -3.13. The maximum Gasteiger partial charge on any atom is 0.175 e. The Balaban J connectivity index is 2.66. The van der Waals surface area contributed by atoms with Crippen molar-refractivity contribution >= 4 is 15.5 Å². The Morgan fingerprint density at radius 2 is 1.88 bits per heavy atom. The quantitative estimate of drug-likeness (QED) is 0.817. The Labute approximate surface area is 96.2 Å². The molecule has 0 saturated carbocycles. The van der Waals surface area contributed by atoms with Crippen LogP contribution in [0.2, 0.25) is 0 Å². The average molecular weight is 243 g/mol. The van der Waals surface area contributed by atoms with Gasteiger partial charge in [-0.05, 0) is 30.7 Å². The Morgan fingerprint density at radius 3 is 2.31 bits per heavy atom. The molecule has 1 rings (SSSR count). The molecule has 0 amide bonds. The van der Waals surface area contributed by atoms with Crippen LogP contribution in [0.1, 0.15) is 13.3 Å². The van der Waals surface area contributed by atoms with Crippen molar-refractivity contribution in [3.05, 3.63) is 24.3 Å². The molecule has 5 heteroatoms.